The Morgan fingerprint density at radius 3 is 2.75 bits per heavy atom. The number of aromatic nitrogens is 2. The van der Waals surface area contributed by atoms with Crippen molar-refractivity contribution in [3.05, 3.63) is 42.1 Å². The second kappa shape index (κ2) is 4.72. The van der Waals surface area contributed by atoms with Crippen molar-refractivity contribution in [3.8, 4) is 11.3 Å². The molecule has 0 spiro atoms. The molecule has 0 fully saturated rings. The van der Waals surface area contributed by atoms with Gasteiger partial charge in [-0.3, -0.25) is 4.79 Å². The molecule has 4 nitrogen and oxygen atoms in total. The lowest BCUT2D eigenvalue weighted by molar-refractivity contribution is 0.112. The van der Waals surface area contributed by atoms with Gasteiger partial charge in [0.1, 0.15) is 12.4 Å². The van der Waals surface area contributed by atoms with E-state index < -0.39 is 0 Å². The highest BCUT2D eigenvalue weighted by Gasteiger charge is 2.09. The van der Waals surface area contributed by atoms with Crippen LogP contribution in [0.25, 0.3) is 11.3 Å². The second-order valence-electron chi connectivity index (χ2n) is 3.37. The summed E-state index contributed by atoms with van der Waals surface area (Å²) in [4.78, 5) is 10.9. The van der Waals surface area contributed by atoms with Crippen molar-refractivity contribution in [3.63, 3.8) is 0 Å². The van der Waals surface area contributed by atoms with Crippen molar-refractivity contribution in [2.24, 2.45) is 0 Å². The SMILES string of the molecule is COCn1cc(C=O)c(-c2ccccc2)n1. The van der Waals surface area contributed by atoms with Crippen molar-refractivity contribution in [1.29, 1.82) is 0 Å². The molecular weight excluding hydrogens is 204 g/mol. The van der Waals surface area contributed by atoms with Crippen LogP contribution in [-0.4, -0.2) is 23.2 Å². The van der Waals surface area contributed by atoms with Gasteiger partial charge in [-0.05, 0) is 0 Å². The average Bonchev–Trinajstić information content (AvgIpc) is 2.74. The van der Waals surface area contributed by atoms with Crippen LogP contribution in [0.15, 0.2) is 36.5 Å². The van der Waals surface area contributed by atoms with E-state index in [-0.39, 0.29) is 0 Å². The third-order valence-electron chi connectivity index (χ3n) is 2.23. The lowest BCUT2D eigenvalue weighted by Gasteiger charge is -1.98. The third kappa shape index (κ3) is 2.01. The molecule has 0 aliphatic heterocycles. The summed E-state index contributed by atoms with van der Waals surface area (Å²) in [7, 11) is 1.59. The molecule has 1 aromatic heterocycles. The zero-order valence-corrected chi connectivity index (χ0v) is 8.96. The summed E-state index contributed by atoms with van der Waals surface area (Å²) in [6.45, 7) is 0.341. The van der Waals surface area contributed by atoms with Gasteiger partial charge in [0.25, 0.3) is 0 Å². The number of benzene rings is 1. The lowest BCUT2D eigenvalue weighted by atomic mass is 10.1. The molecule has 0 N–H and O–H groups in total. The minimum Gasteiger partial charge on any atom is -0.362 e. The van der Waals surface area contributed by atoms with Gasteiger partial charge in [-0.1, -0.05) is 30.3 Å². The lowest BCUT2D eigenvalue weighted by Crippen LogP contribution is -1.99. The molecule has 1 aromatic carbocycles. The van der Waals surface area contributed by atoms with Gasteiger partial charge >= 0.3 is 0 Å². The van der Waals surface area contributed by atoms with Gasteiger partial charge in [0.2, 0.25) is 0 Å². The van der Waals surface area contributed by atoms with Gasteiger partial charge in [-0.15, -0.1) is 0 Å². The summed E-state index contributed by atoms with van der Waals surface area (Å²) in [6.07, 6.45) is 2.49. The standard InChI is InChI=1S/C12H12N2O2/c1-16-9-14-7-11(8-15)12(13-14)10-5-3-2-4-6-10/h2-8H,9H2,1H3. The fourth-order valence-corrected chi connectivity index (χ4v) is 1.54. The molecule has 16 heavy (non-hydrogen) atoms. The fraction of sp³-hybridized carbons (Fsp3) is 0.167. The highest BCUT2D eigenvalue weighted by Crippen LogP contribution is 2.20. The molecule has 2 rings (SSSR count). The van der Waals surface area contributed by atoms with Crippen LogP contribution in [0.2, 0.25) is 0 Å². The summed E-state index contributed by atoms with van der Waals surface area (Å²) >= 11 is 0. The number of hydrogen-bond acceptors (Lipinski definition) is 3. The average molecular weight is 216 g/mol. The van der Waals surface area contributed by atoms with E-state index in [0.29, 0.717) is 18.0 Å². The number of methoxy groups -OCH3 is 1. The largest absolute Gasteiger partial charge is 0.362 e. The quantitative estimate of drug-likeness (QED) is 0.734. The third-order valence-corrected chi connectivity index (χ3v) is 2.23. The predicted octanol–water partition coefficient (Wildman–Crippen LogP) is 1.97. The topological polar surface area (TPSA) is 44.1 Å². The number of nitrogens with zero attached hydrogens (tertiary/aromatic N) is 2. The van der Waals surface area contributed by atoms with Crippen LogP contribution < -0.4 is 0 Å². The van der Waals surface area contributed by atoms with Crippen LogP contribution in [0.5, 0.6) is 0 Å². The van der Waals surface area contributed by atoms with E-state index in [2.05, 4.69) is 5.10 Å². The second-order valence-corrected chi connectivity index (χ2v) is 3.37. The molecule has 4 heteroatoms. The maximum absolute atomic E-state index is 10.9. The van der Waals surface area contributed by atoms with Gasteiger partial charge in [0.15, 0.2) is 6.29 Å². The Hall–Kier alpha value is -1.94. The number of carbonyl (C=O) groups is 1. The van der Waals surface area contributed by atoms with Crippen LogP contribution in [-0.2, 0) is 11.5 Å². The van der Waals surface area contributed by atoms with Crippen molar-refractivity contribution >= 4 is 6.29 Å². The summed E-state index contributed by atoms with van der Waals surface area (Å²) in [6, 6.07) is 9.60. The normalized spacial score (nSPS) is 10.3. The molecule has 1 heterocycles. The molecule has 0 atom stereocenters. The Morgan fingerprint density at radius 2 is 2.12 bits per heavy atom. The van der Waals surface area contributed by atoms with Crippen LogP contribution in [0.1, 0.15) is 10.4 Å². The van der Waals surface area contributed by atoms with Crippen molar-refractivity contribution in [2.45, 2.75) is 6.73 Å². The molecule has 0 bridgehead atoms. The summed E-state index contributed by atoms with van der Waals surface area (Å²) in [5.41, 5.74) is 2.19. The van der Waals surface area contributed by atoms with E-state index >= 15 is 0 Å². The van der Waals surface area contributed by atoms with Gasteiger partial charge in [0.05, 0.1) is 5.56 Å². The Balaban J connectivity index is 2.43. The first-order valence-electron chi connectivity index (χ1n) is 4.92. The van der Waals surface area contributed by atoms with E-state index in [9.17, 15) is 4.79 Å². The Kier molecular flexibility index (Phi) is 3.12. The highest BCUT2D eigenvalue weighted by atomic mass is 16.5. The number of rotatable bonds is 4. The Bertz CT molecular complexity index is 477. The van der Waals surface area contributed by atoms with E-state index in [0.717, 1.165) is 11.8 Å². The minimum atomic E-state index is 0.341. The first-order chi connectivity index (χ1) is 7.85. The number of carbonyl (C=O) groups excluding carboxylic acids is 1. The van der Waals surface area contributed by atoms with Crippen molar-refractivity contribution in [1.82, 2.24) is 9.78 Å². The van der Waals surface area contributed by atoms with Gasteiger partial charge in [0, 0.05) is 18.9 Å². The van der Waals surface area contributed by atoms with Gasteiger partial charge in [-0.25, -0.2) is 4.68 Å². The van der Waals surface area contributed by atoms with Crippen LogP contribution in [0.3, 0.4) is 0 Å². The first kappa shape index (κ1) is 10.6. The summed E-state index contributed by atoms with van der Waals surface area (Å²) < 4.78 is 6.56. The summed E-state index contributed by atoms with van der Waals surface area (Å²) in [5.74, 6) is 0. The maximum Gasteiger partial charge on any atom is 0.153 e. The van der Waals surface area contributed by atoms with E-state index in [1.807, 2.05) is 30.3 Å². The highest BCUT2D eigenvalue weighted by molar-refractivity contribution is 5.85. The van der Waals surface area contributed by atoms with Crippen LogP contribution in [0, 0.1) is 0 Å². The molecule has 0 saturated carbocycles. The van der Waals surface area contributed by atoms with Gasteiger partial charge in [-0.2, -0.15) is 5.10 Å². The fourth-order valence-electron chi connectivity index (χ4n) is 1.54. The zero-order valence-electron chi connectivity index (χ0n) is 8.96. The molecule has 0 aliphatic carbocycles. The molecule has 0 aliphatic rings. The smallest absolute Gasteiger partial charge is 0.153 e. The molecular formula is C12H12N2O2. The molecule has 0 saturated heterocycles. The van der Waals surface area contributed by atoms with Crippen LogP contribution in [0.4, 0.5) is 0 Å². The number of aldehydes is 1. The predicted molar refractivity (Wildman–Crippen MR) is 60.1 cm³/mol. The maximum atomic E-state index is 10.9. The number of ether oxygens (including phenoxy) is 1. The summed E-state index contributed by atoms with van der Waals surface area (Å²) in [5, 5.41) is 4.30. The van der Waals surface area contributed by atoms with E-state index in [4.69, 9.17) is 4.74 Å². The van der Waals surface area contributed by atoms with Crippen LogP contribution >= 0.6 is 0 Å². The van der Waals surface area contributed by atoms with E-state index in [1.54, 1.807) is 18.0 Å². The van der Waals surface area contributed by atoms with Crippen molar-refractivity contribution < 1.29 is 9.53 Å². The van der Waals surface area contributed by atoms with E-state index in [1.165, 1.54) is 0 Å². The molecule has 0 amide bonds. The first-order valence-corrected chi connectivity index (χ1v) is 4.92. The molecule has 2 aromatic rings. The monoisotopic (exact) mass is 216 g/mol. The molecule has 0 radical (unpaired) electrons. The van der Waals surface area contributed by atoms with Gasteiger partial charge < -0.3 is 4.74 Å². The Labute approximate surface area is 93.5 Å². The molecule has 0 unspecified atom stereocenters. The minimum absolute atomic E-state index is 0.341. The Morgan fingerprint density at radius 1 is 1.38 bits per heavy atom. The van der Waals surface area contributed by atoms with Crippen molar-refractivity contribution in [2.75, 3.05) is 7.11 Å². The molecule has 82 valence electrons. The number of hydrogen-bond donors (Lipinski definition) is 0. The zero-order chi connectivity index (χ0) is 11.4.